The molecule has 3 N–H and O–H groups in total. The molecule has 2 fully saturated rings. The maximum absolute atomic E-state index is 5.66. The predicted molar refractivity (Wildman–Crippen MR) is 167 cm³/mol. The minimum absolute atomic E-state index is 0.745. The first kappa shape index (κ1) is 28.4. The first-order valence-corrected chi connectivity index (χ1v) is 15.0. The molecule has 0 radical (unpaired) electrons. The Bertz CT molecular complexity index is 1190. The summed E-state index contributed by atoms with van der Waals surface area (Å²) >= 11 is 0. The van der Waals surface area contributed by atoms with Gasteiger partial charge in [0, 0.05) is 61.8 Å². The van der Waals surface area contributed by atoms with Crippen molar-refractivity contribution in [2.24, 2.45) is 11.7 Å². The van der Waals surface area contributed by atoms with Crippen molar-refractivity contribution in [3.8, 4) is 28.3 Å². The number of ether oxygens (including phenoxy) is 1. The van der Waals surface area contributed by atoms with E-state index >= 15 is 0 Å². The smallest absolute Gasteiger partial charge is 0.118 e. The molecule has 1 aliphatic heterocycles. The van der Waals surface area contributed by atoms with Crippen LogP contribution in [0.15, 0.2) is 60.7 Å². The highest BCUT2D eigenvalue weighted by atomic mass is 16.5. The molecule has 1 aliphatic carbocycles. The van der Waals surface area contributed by atoms with E-state index in [1.807, 2.05) is 12.1 Å². The molecule has 7 nitrogen and oxygen atoms in total. The molecule has 0 amide bonds. The van der Waals surface area contributed by atoms with Gasteiger partial charge in [0.05, 0.1) is 18.5 Å². The van der Waals surface area contributed by atoms with Crippen molar-refractivity contribution in [2.75, 3.05) is 83.3 Å². The van der Waals surface area contributed by atoms with E-state index in [1.54, 1.807) is 7.11 Å². The van der Waals surface area contributed by atoms with E-state index in [1.165, 1.54) is 38.2 Å². The Morgan fingerprint density at radius 3 is 2.12 bits per heavy atom. The van der Waals surface area contributed by atoms with Crippen LogP contribution in [0.5, 0.6) is 5.75 Å². The average molecular weight is 543 g/mol. The second-order valence-corrected chi connectivity index (χ2v) is 11.4. The van der Waals surface area contributed by atoms with Crippen LogP contribution >= 0.6 is 0 Å². The number of piperazine rings is 1. The molecule has 1 aromatic heterocycles. The lowest BCUT2D eigenvalue weighted by Crippen LogP contribution is -2.47. The van der Waals surface area contributed by atoms with E-state index in [9.17, 15) is 0 Å². The zero-order chi connectivity index (χ0) is 27.7. The van der Waals surface area contributed by atoms with Crippen LogP contribution in [-0.2, 0) is 0 Å². The van der Waals surface area contributed by atoms with E-state index in [4.69, 9.17) is 15.5 Å². The van der Waals surface area contributed by atoms with Crippen LogP contribution in [0.3, 0.4) is 0 Å². The number of nitrogens with one attached hydrogen (secondary N) is 1. The van der Waals surface area contributed by atoms with Crippen molar-refractivity contribution in [3.63, 3.8) is 0 Å². The third-order valence-corrected chi connectivity index (χ3v) is 8.11. The number of anilines is 2. The lowest BCUT2D eigenvalue weighted by Gasteiger charge is -2.36. The molecule has 5 rings (SSSR count). The van der Waals surface area contributed by atoms with Gasteiger partial charge in [0.15, 0.2) is 0 Å². The lowest BCUT2D eigenvalue weighted by molar-refractivity contribution is 0.248. The van der Waals surface area contributed by atoms with Crippen LogP contribution < -0.4 is 20.7 Å². The fraction of sp³-hybridized carbons (Fsp3) is 0.485. The summed E-state index contributed by atoms with van der Waals surface area (Å²) in [5.74, 6) is 1.81. The molecule has 7 heteroatoms. The monoisotopic (exact) mass is 542 g/mol. The van der Waals surface area contributed by atoms with E-state index < -0.39 is 0 Å². The number of benzene rings is 2. The molecule has 2 aliphatic rings. The van der Waals surface area contributed by atoms with Crippen LogP contribution in [0, 0.1) is 5.92 Å². The van der Waals surface area contributed by atoms with Gasteiger partial charge in [0.2, 0.25) is 0 Å². The maximum Gasteiger partial charge on any atom is 0.118 e. The van der Waals surface area contributed by atoms with Gasteiger partial charge < -0.3 is 25.6 Å². The number of methoxy groups -OCH3 is 1. The van der Waals surface area contributed by atoms with Gasteiger partial charge in [-0.1, -0.05) is 12.1 Å². The van der Waals surface area contributed by atoms with Crippen molar-refractivity contribution >= 4 is 11.4 Å². The van der Waals surface area contributed by atoms with Gasteiger partial charge in [-0.2, -0.15) is 0 Å². The first-order valence-electron chi connectivity index (χ1n) is 15.0. The second-order valence-electron chi connectivity index (χ2n) is 11.4. The number of hydrogen-bond donors (Lipinski definition) is 2. The van der Waals surface area contributed by atoms with Crippen LogP contribution in [0.2, 0.25) is 0 Å². The fourth-order valence-electron chi connectivity index (χ4n) is 5.44. The van der Waals surface area contributed by atoms with Crippen molar-refractivity contribution in [1.82, 2.24) is 14.8 Å². The van der Waals surface area contributed by atoms with E-state index in [0.717, 1.165) is 92.0 Å². The van der Waals surface area contributed by atoms with Crippen LogP contribution in [0.1, 0.15) is 25.7 Å². The van der Waals surface area contributed by atoms with E-state index in [2.05, 4.69) is 75.6 Å². The summed E-state index contributed by atoms with van der Waals surface area (Å²) in [6.07, 6.45) is 4.97. The minimum Gasteiger partial charge on any atom is -0.497 e. The Labute approximate surface area is 240 Å². The van der Waals surface area contributed by atoms with Gasteiger partial charge in [-0.3, -0.25) is 4.90 Å². The Morgan fingerprint density at radius 1 is 0.900 bits per heavy atom. The zero-order valence-electron chi connectivity index (χ0n) is 24.3. The molecule has 0 unspecified atom stereocenters. The summed E-state index contributed by atoms with van der Waals surface area (Å²) in [6.45, 7) is 9.59. The van der Waals surface area contributed by atoms with Crippen molar-refractivity contribution < 1.29 is 4.74 Å². The summed E-state index contributed by atoms with van der Waals surface area (Å²) in [5.41, 5.74) is 12.2. The number of hydrogen-bond acceptors (Lipinski definition) is 7. The molecular weight excluding hydrogens is 496 g/mol. The summed E-state index contributed by atoms with van der Waals surface area (Å²) in [5, 5.41) is 3.66. The highest BCUT2D eigenvalue weighted by molar-refractivity contribution is 5.73. The number of pyridine rings is 1. The maximum atomic E-state index is 5.66. The topological polar surface area (TPSA) is 69.9 Å². The standard InChI is InChI=1S/C33H46N6O/c1-37(17-3-15-34)18-4-16-35-29-23-32(36-33(24-29)28-9-13-31(40-2)14-10-28)27-7-11-30(12-8-27)39-21-19-38(20-22-39)25-26-5-6-26/h7-14,23-24,26H,3-6,15-22,25,34H2,1-2H3,(H,35,36). The number of nitrogens with zero attached hydrogens (tertiary/aromatic N) is 4. The van der Waals surface area contributed by atoms with Gasteiger partial charge in [-0.15, -0.1) is 0 Å². The normalized spacial score (nSPS) is 15.9. The molecule has 40 heavy (non-hydrogen) atoms. The Hall–Kier alpha value is -3.13. The summed E-state index contributed by atoms with van der Waals surface area (Å²) in [7, 11) is 3.86. The Morgan fingerprint density at radius 2 is 1.52 bits per heavy atom. The molecule has 2 heterocycles. The third kappa shape index (κ3) is 7.96. The SMILES string of the molecule is COc1ccc(-c2cc(NCCCN(C)CCCN)cc(-c3ccc(N4CCN(CC5CC5)CC4)cc3)n2)cc1. The average Bonchev–Trinajstić information content (AvgIpc) is 3.83. The van der Waals surface area contributed by atoms with E-state index in [-0.39, 0.29) is 0 Å². The van der Waals surface area contributed by atoms with Gasteiger partial charge in [0.25, 0.3) is 0 Å². The fourth-order valence-corrected chi connectivity index (χ4v) is 5.44. The molecule has 1 saturated carbocycles. The van der Waals surface area contributed by atoms with Crippen LogP contribution in [-0.4, -0.2) is 87.8 Å². The van der Waals surface area contributed by atoms with Crippen molar-refractivity contribution in [3.05, 3.63) is 60.7 Å². The number of rotatable bonds is 14. The molecule has 0 bridgehead atoms. The van der Waals surface area contributed by atoms with Gasteiger partial charge in [0.1, 0.15) is 5.75 Å². The zero-order valence-corrected chi connectivity index (χ0v) is 24.3. The first-order chi connectivity index (χ1) is 19.6. The highest BCUT2D eigenvalue weighted by Crippen LogP contribution is 2.31. The minimum atomic E-state index is 0.745. The van der Waals surface area contributed by atoms with Gasteiger partial charge >= 0.3 is 0 Å². The molecule has 3 aromatic rings. The predicted octanol–water partition coefficient (Wildman–Crippen LogP) is 5.04. The van der Waals surface area contributed by atoms with Gasteiger partial charge in [-0.25, -0.2) is 4.98 Å². The molecule has 1 saturated heterocycles. The largest absolute Gasteiger partial charge is 0.497 e. The highest BCUT2D eigenvalue weighted by Gasteiger charge is 2.26. The molecule has 214 valence electrons. The van der Waals surface area contributed by atoms with Gasteiger partial charge in [-0.05, 0) is 107 Å². The Balaban J connectivity index is 1.28. The summed E-state index contributed by atoms with van der Waals surface area (Å²) in [4.78, 5) is 12.6. The van der Waals surface area contributed by atoms with Crippen molar-refractivity contribution in [1.29, 1.82) is 0 Å². The third-order valence-electron chi connectivity index (χ3n) is 8.11. The quantitative estimate of drug-likeness (QED) is 0.277. The molecule has 2 aromatic carbocycles. The van der Waals surface area contributed by atoms with Crippen molar-refractivity contribution in [2.45, 2.75) is 25.7 Å². The molecular formula is C33H46N6O. The lowest BCUT2D eigenvalue weighted by atomic mass is 10.1. The molecule has 0 atom stereocenters. The van der Waals surface area contributed by atoms with E-state index in [0.29, 0.717) is 0 Å². The van der Waals surface area contributed by atoms with Crippen LogP contribution in [0.25, 0.3) is 22.5 Å². The second kappa shape index (κ2) is 14.0. The number of aromatic nitrogens is 1. The summed E-state index contributed by atoms with van der Waals surface area (Å²) < 4.78 is 5.37. The molecule has 0 spiro atoms. The number of nitrogens with two attached hydrogens (primary N) is 1. The summed E-state index contributed by atoms with van der Waals surface area (Å²) in [6, 6.07) is 21.4. The Kier molecular flexibility index (Phi) is 9.92. The van der Waals surface area contributed by atoms with Crippen LogP contribution in [0.4, 0.5) is 11.4 Å².